The molecular formula is C8H12N4OS2. The second-order valence-electron chi connectivity index (χ2n) is 3.31. The van der Waals surface area contributed by atoms with E-state index in [1.165, 1.54) is 11.5 Å². The molecule has 0 bridgehead atoms. The van der Waals surface area contributed by atoms with Crippen molar-refractivity contribution < 1.29 is 4.79 Å². The standard InChI is InChI=1S/C8H12N4OS2/c1-5-9-8(15-12-5)11-7(13)10-6-2-3-14-4-6/h6H,2-4H2,1H3,(H2,9,10,11,12,13). The van der Waals surface area contributed by atoms with Gasteiger partial charge in [0, 0.05) is 23.3 Å². The quantitative estimate of drug-likeness (QED) is 0.827. The zero-order valence-electron chi connectivity index (χ0n) is 8.32. The van der Waals surface area contributed by atoms with Crippen molar-refractivity contribution in [3.63, 3.8) is 0 Å². The molecule has 1 atom stereocenters. The molecule has 1 unspecified atom stereocenters. The number of hydrogen-bond acceptors (Lipinski definition) is 5. The molecule has 2 N–H and O–H groups in total. The number of nitrogens with one attached hydrogen (secondary N) is 2. The summed E-state index contributed by atoms with van der Waals surface area (Å²) in [5.41, 5.74) is 0. The monoisotopic (exact) mass is 244 g/mol. The highest BCUT2D eigenvalue weighted by atomic mass is 32.2. The van der Waals surface area contributed by atoms with Crippen molar-refractivity contribution in [2.24, 2.45) is 0 Å². The van der Waals surface area contributed by atoms with Gasteiger partial charge in [0.05, 0.1) is 0 Å². The third-order valence-electron chi connectivity index (χ3n) is 2.01. The number of hydrogen-bond donors (Lipinski definition) is 2. The van der Waals surface area contributed by atoms with Gasteiger partial charge < -0.3 is 5.32 Å². The van der Waals surface area contributed by atoms with Crippen LogP contribution in [0.4, 0.5) is 9.93 Å². The van der Waals surface area contributed by atoms with Crippen molar-refractivity contribution in [1.29, 1.82) is 0 Å². The minimum atomic E-state index is -0.182. The predicted molar refractivity (Wildman–Crippen MR) is 62.5 cm³/mol. The van der Waals surface area contributed by atoms with E-state index >= 15 is 0 Å². The minimum absolute atomic E-state index is 0.182. The van der Waals surface area contributed by atoms with Gasteiger partial charge >= 0.3 is 6.03 Å². The molecule has 1 fully saturated rings. The number of aryl methyl sites for hydroxylation is 1. The number of carbonyl (C=O) groups excluding carboxylic acids is 1. The largest absolute Gasteiger partial charge is 0.334 e. The van der Waals surface area contributed by atoms with Gasteiger partial charge in [0.25, 0.3) is 0 Å². The van der Waals surface area contributed by atoms with Gasteiger partial charge in [0.1, 0.15) is 5.82 Å². The fourth-order valence-electron chi connectivity index (χ4n) is 1.31. The molecule has 5 nitrogen and oxygen atoms in total. The lowest BCUT2D eigenvalue weighted by atomic mass is 10.3. The van der Waals surface area contributed by atoms with Crippen LogP contribution in [-0.4, -0.2) is 32.9 Å². The molecule has 2 amide bonds. The first-order valence-corrected chi connectivity index (χ1v) is 6.62. The number of nitrogens with zero attached hydrogens (tertiary/aromatic N) is 2. The molecule has 2 heterocycles. The summed E-state index contributed by atoms with van der Waals surface area (Å²) in [6.07, 6.45) is 1.05. The molecule has 1 aromatic heterocycles. The molecule has 1 aromatic rings. The second-order valence-corrected chi connectivity index (χ2v) is 5.21. The van der Waals surface area contributed by atoms with Crippen LogP contribution in [0.15, 0.2) is 0 Å². The third kappa shape index (κ3) is 3.07. The number of thioether (sulfide) groups is 1. The molecule has 0 aromatic carbocycles. The maximum Gasteiger partial charge on any atom is 0.321 e. The molecule has 1 aliphatic rings. The Morgan fingerprint density at radius 3 is 3.07 bits per heavy atom. The highest BCUT2D eigenvalue weighted by Crippen LogP contribution is 2.17. The first-order chi connectivity index (χ1) is 7.24. The van der Waals surface area contributed by atoms with Gasteiger partial charge in [-0.2, -0.15) is 16.1 Å². The van der Waals surface area contributed by atoms with E-state index in [1.807, 2.05) is 11.8 Å². The lowest BCUT2D eigenvalue weighted by molar-refractivity contribution is 0.249. The maximum absolute atomic E-state index is 11.5. The Balaban J connectivity index is 1.81. The first-order valence-electron chi connectivity index (χ1n) is 4.69. The molecule has 0 aliphatic carbocycles. The molecule has 0 radical (unpaired) electrons. The average molecular weight is 244 g/mol. The normalized spacial score (nSPS) is 20.2. The molecule has 7 heteroatoms. The number of anilines is 1. The Hall–Kier alpha value is -0.820. The average Bonchev–Trinajstić information content (AvgIpc) is 2.77. The van der Waals surface area contributed by atoms with Crippen molar-refractivity contribution in [3.05, 3.63) is 5.82 Å². The number of carbonyl (C=O) groups is 1. The summed E-state index contributed by atoms with van der Waals surface area (Å²) < 4.78 is 3.99. The van der Waals surface area contributed by atoms with Crippen molar-refractivity contribution in [3.8, 4) is 0 Å². The minimum Gasteiger partial charge on any atom is -0.334 e. The number of urea groups is 1. The smallest absolute Gasteiger partial charge is 0.321 e. The van der Waals surface area contributed by atoms with E-state index in [2.05, 4.69) is 20.0 Å². The SMILES string of the molecule is Cc1nsc(NC(=O)NC2CCSC2)n1. The van der Waals surface area contributed by atoms with Gasteiger partial charge in [-0.1, -0.05) is 0 Å². The van der Waals surface area contributed by atoms with Crippen molar-refractivity contribution in [2.45, 2.75) is 19.4 Å². The molecule has 1 saturated heterocycles. The molecule has 2 rings (SSSR count). The summed E-state index contributed by atoms with van der Waals surface area (Å²) in [5.74, 6) is 2.82. The van der Waals surface area contributed by atoms with Crippen LogP contribution in [0.3, 0.4) is 0 Å². The Morgan fingerprint density at radius 1 is 1.60 bits per heavy atom. The fourth-order valence-corrected chi connectivity index (χ4v) is 3.04. The summed E-state index contributed by atoms with van der Waals surface area (Å²) in [6, 6.07) is 0.114. The van der Waals surface area contributed by atoms with Gasteiger partial charge in [-0.3, -0.25) is 5.32 Å². The van der Waals surface area contributed by atoms with Crippen LogP contribution in [0.5, 0.6) is 0 Å². The van der Waals surface area contributed by atoms with Crippen LogP contribution in [-0.2, 0) is 0 Å². The van der Waals surface area contributed by atoms with E-state index in [1.54, 1.807) is 6.92 Å². The Kier molecular flexibility index (Phi) is 3.42. The number of amides is 2. The number of rotatable bonds is 2. The molecule has 0 saturated carbocycles. The van der Waals surface area contributed by atoms with Crippen LogP contribution < -0.4 is 10.6 Å². The van der Waals surface area contributed by atoms with Crippen LogP contribution in [0.2, 0.25) is 0 Å². The summed E-state index contributed by atoms with van der Waals surface area (Å²) in [6.45, 7) is 1.80. The van der Waals surface area contributed by atoms with Crippen molar-refractivity contribution >= 4 is 34.5 Å². The summed E-state index contributed by atoms with van der Waals surface area (Å²) >= 11 is 3.06. The lowest BCUT2D eigenvalue weighted by Gasteiger charge is -2.10. The Morgan fingerprint density at radius 2 is 2.47 bits per heavy atom. The van der Waals surface area contributed by atoms with Crippen LogP contribution in [0, 0.1) is 6.92 Å². The Labute approximate surface area is 96.2 Å². The van der Waals surface area contributed by atoms with E-state index in [0.29, 0.717) is 17.0 Å². The molecule has 15 heavy (non-hydrogen) atoms. The molecule has 1 aliphatic heterocycles. The second kappa shape index (κ2) is 4.80. The van der Waals surface area contributed by atoms with E-state index in [-0.39, 0.29) is 6.03 Å². The van der Waals surface area contributed by atoms with E-state index in [4.69, 9.17) is 0 Å². The molecular weight excluding hydrogens is 232 g/mol. The van der Waals surface area contributed by atoms with Gasteiger partial charge in [-0.15, -0.1) is 0 Å². The van der Waals surface area contributed by atoms with E-state index in [0.717, 1.165) is 17.9 Å². The summed E-state index contributed by atoms with van der Waals surface area (Å²) in [5, 5.41) is 6.13. The van der Waals surface area contributed by atoms with Gasteiger partial charge in [0.2, 0.25) is 5.13 Å². The van der Waals surface area contributed by atoms with Crippen LogP contribution in [0.25, 0.3) is 0 Å². The zero-order chi connectivity index (χ0) is 10.7. The highest BCUT2D eigenvalue weighted by Gasteiger charge is 2.17. The maximum atomic E-state index is 11.5. The lowest BCUT2D eigenvalue weighted by Crippen LogP contribution is -2.37. The topological polar surface area (TPSA) is 66.9 Å². The van der Waals surface area contributed by atoms with E-state index in [9.17, 15) is 4.79 Å². The Bertz CT molecular complexity index is 348. The van der Waals surface area contributed by atoms with Crippen molar-refractivity contribution in [2.75, 3.05) is 16.8 Å². The number of aromatic nitrogens is 2. The fraction of sp³-hybridized carbons (Fsp3) is 0.625. The van der Waals surface area contributed by atoms with Crippen molar-refractivity contribution in [1.82, 2.24) is 14.7 Å². The van der Waals surface area contributed by atoms with Crippen LogP contribution >= 0.6 is 23.3 Å². The van der Waals surface area contributed by atoms with E-state index < -0.39 is 0 Å². The van der Waals surface area contributed by atoms with Gasteiger partial charge in [-0.25, -0.2) is 9.78 Å². The molecule has 82 valence electrons. The van der Waals surface area contributed by atoms with Crippen LogP contribution in [0.1, 0.15) is 12.2 Å². The summed E-state index contributed by atoms with van der Waals surface area (Å²) in [4.78, 5) is 15.5. The highest BCUT2D eigenvalue weighted by molar-refractivity contribution is 7.99. The molecule has 0 spiro atoms. The third-order valence-corrected chi connectivity index (χ3v) is 3.90. The first kappa shape index (κ1) is 10.7. The summed E-state index contributed by atoms with van der Waals surface area (Å²) in [7, 11) is 0. The zero-order valence-corrected chi connectivity index (χ0v) is 9.95. The van der Waals surface area contributed by atoms with Gasteiger partial charge in [-0.05, 0) is 19.1 Å². The predicted octanol–water partition coefficient (Wildman–Crippen LogP) is 1.47. The van der Waals surface area contributed by atoms with Gasteiger partial charge in [0.15, 0.2) is 0 Å².